The largest absolute Gasteiger partial charge is 0.494 e. The highest BCUT2D eigenvalue weighted by molar-refractivity contribution is 5.94. The van der Waals surface area contributed by atoms with Crippen LogP contribution in [0.15, 0.2) is 23.1 Å². The number of fused-ring (bicyclic) bond motifs is 1. The third kappa shape index (κ3) is 1.71. The fourth-order valence-electron chi connectivity index (χ4n) is 1.88. The van der Waals surface area contributed by atoms with Crippen LogP contribution >= 0.6 is 0 Å². The molecule has 1 aromatic carbocycles. The van der Waals surface area contributed by atoms with Gasteiger partial charge in [0.1, 0.15) is 17.1 Å². The number of aryl methyl sites for hydroxylation is 1. The number of hydrogen-bond acceptors (Lipinski definition) is 3. The minimum absolute atomic E-state index is 0.0192. The van der Waals surface area contributed by atoms with Gasteiger partial charge in [-0.15, -0.1) is 0 Å². The van der Waals surface area contributed by atoms with Crippen LogP contribution in [0.25, 0.3) is 10.9 Å². The van der Waals surface area contributed by atoms with Gasteiger partial charge >= 0.3 is 5.97 Å². The number of halogens is 1. The van der Waals surface area contributed by atoms with Gasteiger partial charge in [-0.25, -0.2) is 9.18 Å². The lowest BCUT2D eigenvalue weighted by Gasteiger charge is -2.11. The Hall–Kier alpha value is -2.37. The predicted molar refractivity (Wildman–Crippen MR) is 62.7 cm³/mol. The van der Waals surface area contributed by atoms with Crippen LogP contribution in [0, 0.1) is 5.82 Å². The van der Waals surface area contributed by atoms with Crippen molar-refractivity contribution in [3.63, 3.8) is 0 Å². The van der Waals surface area contributed by atoms with E-state index in [2.05, 4.69) is 0 Å². The van der Waals surface area contributed by atoms with Crippen molar-refractivity contribution in [2.45, 2.75) is 0 Å². The Morgan fingerprint density at radius 1 is 1.44 bits per heavy atom. The lowest BCUT2D eigenvalue weighted by molar-refractivity contribution is 0.0695. The summed E-state index contributed by atoms with van der Waals surface area (Å²) >= 11 is 0. The van der Waals surface area contributed by atoms with Crippen molar-refractivity contribution in [1.82, 2.24) is 4.57 Å². The first-order chi connectivity index (χ1) is 8.45. The van der Waals surface area contributed by atoms with Crippen molar-refractivity contribution in [3.05, 3.63) is 39.9 Å². The van der Waals surface area contributed by atoms with Crippen molar-refractivity contribution in [1.29, 1.82) is 0 Å². The molecule has 94 valence electrons. The maximum absolute atomic E-state index is 13.4. The molecule has 1 aromatic heterocycles. The van der Waals surface area contributed by atoms with Crippen molar-refractivity contribution in [3.8, 4) is 5.75 Å². The second-order valence-corrected chi connectivity index (χ2v) is 3.79. The summed E-state index contributed by atoms with van der Waals surface area (Å²) in [6.07, 6.45) is 1.19. The zero-order valence-electron chi connectivity index (χ0n) is 9.73. The Morgan fingerprint density at radius 3 is 2.67 bits per heavy atom. The molecule has 0 aliphatic carbocycles. The average Bonchev–Trinajstić information content (AvgIpc) is 2.32. The van der Waals surface area contributed by atoms with Gasteiger partial charge in [0.05, 0.1) is 18.0 Å². The molecule has 0 saturated heterocycles. The first kappa shape index (κ1) is 12.1. The molecule has 0 amide bonds. The Kier molecular flexibility index (Phi) is 2.78. The van der Waals surface area contributed by atoms with Gasteiger partial charge in [0.25, 0.3) is 0 Å². The third-order valence-corrected chi connectivity index (χ3v) is 2.65. The summed E-state index contributed by atoms with van der Waals surface area (Å²) in [6.45, 7) is 0. The molecular formula is C12H10FNO4. The molecule has 0 bridgehead atoms. The number of methoxy groups -OCH3 is 1. The van der Waals surface area contributed by atoms with Gasteiger partial charge in [-0.3, -0.25) is 4.79 Å². The van der Waals surface area contributed by atoms with Crippen molar-refractivity contribution < 1.29 is 19.0 Å². The molecule has 0 radical (unpaired) electrons. The predicted octanol–water partition coefficient (Wildman–Crippen LogP) is 1.38. The number of carboxylic acid groups (broad SMARTS) is 1. The Labute approximate surface area is 101 Å². The van der Waals surface area contributed by atoms with E-state index in [0.717, 1.165) is 12.1 Å². The molecule has 0 saturated carbocycles. The SMILES string of the molecule is COc1cc(F)cc2c(=O)c(C(=O)O)cn(C)c12. The van der Waals surface area contributed by atoms with Crippen LogP contribution < -0.4 is 10.2 Å². The van der Waals surface area contributed by atoms with Gasteiger partial charge in [0.2, 0.25) is 5.43 Å². The number of hydrogen-bond donors (Lipinski definition) is 1. The van der Waals surface area contributed by atoms with E-state index in [0.29, 0.717) is 5.52 Å². The monoisotopic (exact) mass is 251 g/mol. The molecule has 18 heavy (non-hydrogen) atoms. The van der Waals surface area contributed by atoms with E-state index in [4.69, 9.17) is 9.84 Å². The Morgan fingerprint density at radius 2 is 2.11 bits per heavy atom. The van der Waals surface area contributed by atoms with Gasteiger partial charge in [0, 0.05) is 19.3 Å². The summed E-state index contributed by atoms with van der Waals surface area (Å²) in [5.41, 5.74) is -0.778. The summed E-state index contributed by atoms with van der Waals surface area (Å²) < 4.78 is 19.8. The van der Waals surface area contributed by atoms with Crippen molar-refractivity contribution in [2.24, 2.45) is 7.05 Å². The van der Waals surface area contributed by atoms with Crippen LogP contribution in [-0.2, 0) is 7.05 Å². The summed E-state index contributed by atoms with van der Waals surface area (Å²) in [5, 5.41) is 8.89. The number of carboxylic acids is 1. The third-order valence-electron chi connectivity index (χ3n) is 2.65. The first-order valence-corrected chi connectivity index (χ1v) is 5.06. The standard InChI is InChI=1S/C12H10FNO4/c1-14-5-8(12(16)17)11(15)7-3-6(13)4-9(18-2)10(7)14/h3-5H,1-2H3,(H,16,17). The van der Waals surface area contributed by atoms with Crippen molar-refractivity contribution in [2.75, 3.05) is 7.11 Å². The topological polar surface area (TPSA) is 68.5 Å². The zero-order valence-corrected chi connectivity index (χ0v) is 9.73. The number of carbonyl (C=O) groups is 1. The molecule has 2 aromatic rings. The van der Waals surface area contributed by atoms with Crippen LogP contribution in [0.3, 0.4) is 0 Å². The minimum Gasteiger partial charge on any atom is -0.494 e. The molecule has 1 N–H and O–H groups in total. The van der Waals surface area contributed by atoms with Crippen LogP contribution in [0.1, 0.15) is 10.4 Å². The van der Waals surface area contributed by atoms with E-state index in [-0.39, 0.29) is 11.1 Å². The van der Waals surface area contributed by atoms with Gasteiger partial charge in [-0.2, -0.15) is 0 Å². The van der Waals surface area contributed by atoms with Gasteiger partial charge in [0.15, 0.2) is 0 Å². The Balaban J connectivity index is 3.02. The molecule has 6 heteroatoms. The number of aromatic carboxylic acids is 1. The first-order valence-electron chi connectivity index (χ1n) is 5.06. The van der Waals surface area contributed by atoms with E-state index >= 15 is 0 Å². The van der Waals surface area contributed by atoms with Gasteiger partial charge in [-0.1, -0.05) is 0 Å². The lowest BCUT2D eigenvalue weighted by atomic mass is 10.1. The van der Waals surface area contributed by atoms with E-state index in [1.165, 1.54) is 17.9 Å². The van der Waals surface area contributed by atoms with Crippen molar-refractivity contribution >= 4 is 16.9 Å². The summed E-state index contributed by atoms with van der Waals surface area (Å²) in [7, 11) is 2.92. The second kappa shape index (κ2) is 4.14. The smallest absolute Gasteiger partial charge is 0.341 e. The van der Waals surface area contributed by atoms with Crippen LogP contribution in [0.2, 0.25) is 0 Å². The van der Waals surface area contributed by atoms with Crippen LogP contribution in [0.4, 0.5) is 4.39 Å². The fraction of sp³-hybridized carbons (Fsp3) is 0.167. The molecule has 0 fully saturated rings. The molecular weight excluding hydrogens is 241 g/mol. The molecule has 2 rings (SSSR count). The van der Waals surface area contributed by atoms with Crippen LogP contribution in [0.5, 0.6) is 5.75 Å². The molecule has 0 aliphatic rings. The second-order valence-electron chi connectivity index (χ2n) is 3.79. The molecule has 5 nitrogen and oxygen atoms in total. The lowest BCUT2D eigenvalue weighted by Crippen LogP contribution is -2.18. The van der Waals surface area contributed by atoms with E-state index in [1.807, 2.05) is 0 Å². The fourth-order valence-corrected chi connectivity index (χ4v) is 1.88. The maximum atomic E-state index is 13.4. The zero-order chi connectivity index (χ0) is 13.4. The molecule has 0 atom stereocenters. The van der Waals surface area contributed by atoms with E-state index in [1.54, 1.807) is 7.05 Å². The average molecular weight is 251 g/mol. The number of ether oxygens (including phenoxy) is 1. The maximum Gasteiger partial charge on any atom is 0.341 e. The Bertz CT molecular complexity index is 705. The highest BCUT2D eigenvalue weighted by Crippen LogP contribution is 2.24. The summed E-state index contributed by atoms with van der Waals surface area (Å²) in [6, 6.07) is 2.15. The normalized spacial score (nSPS) is 10.6. The summed E-state index contributed by atoms with van der Waals surface area (Å²) in [4.78, 5) is 22.8. The van der Waals surface area contributed by atoms with Gasteiger partial charge in [-0.05, 0) is 6.07 Å². The number of benzene rings is 1. The number of rotatable bonds is 2. The van der Waals surface area contributed by atoms with Gasteiger partial charge < -0.3 is 14.4 Å². The highest BCUT2D eigenvalue weighted by Gasteiger charge is 2.16. The van der Waals surface area contributed by atoms with E-state index < -0.39 is 22.8 Å². The molecule has 0 spiro atoms. The number of nitrogens with zero attached hydrogens (tertiary/aromatic N) is 1. The number of pyridine rings is 1. The number of aromatic nitrogens is 1. The summed E-state index contributed by atoms with van der Waals surface area (Å²) in [5.74, 6) is -1.82. The highest BCUT2D eigenvalue weighted by atomic mass is 19.1. The van der Waals surface area contributed by atoms with Crippen LogP contribution in [-0.4, -0.2) is 22.8 Å². The molecule has 0 unspecified atom stereocenters. The molecule has 0 aliphatic heterocycles. The quantitative estimate of drug-likeness (QED) is 0.875. The molecule has 1 heterocycles. The van der Waals surface area contributed by atoms with E-state index in [9.17, 15) is 14.0 Å². The minimum atomic E-state index is -1.35.